The maximum Gasteiger partial charge on any atom is 0.137 e. The van der Waals surface area contributed by atoms with Gasteiger partial charge >= 0.3 is 0 Å². The fourth-order valence-electron chi connectivity index (χ4n) is 1.62. The van der Waals surface area contributed by atoms with Gasteiger partial charge in [-0.05, 0) is 41.1 Å². The van der Waals surface area contributed by atoms with Crippen molar-refractivity contribution in [2.75, 3.05) is 18.6 Å². The number of ether oxygens (including phenoxy) is 1. The third-order valence-electron chi connectivity index (χ3n) is 2.74. The van der Waals surface area contributed by atoms with Crippen LogP contribution in [0.25, 0.3) is 0 Å². The summed E-state index contributed by atoms with van der Waals surface area (Å²) in [7, 11) is 0. The SMILES string of the molecule is CSCCOc1c(Br)cccc1CNC1CC1. The molecule has 1 aromatic rings. The van der Waals surface area contributed by atoms with E-state index in [2.05, 4.69) is 39.6 Å². The standard InChI is InChI=1S/C13H18BrNOS/c1-17-8-7-16-13-10(3-2-4-12(13)14)9-15-11-5-6-11/h2-4,11,15H,5-9H2,1H3. The summed E-state index contributed by atoms with van der Waals surface area (Å²) in [5, 5.41) is 3.52. The molecule has 1 saturated carbocycles. The van der Waals surface area contributed by atoms with Gasteiger partial charge in [0.15, 0.2) is 0 Å². The summed E-state index contributed by atoms with van der Waals surface area (Å²) in [5.41, 5.74) is 1.24. The lowest BCUT2D eigenvalue weighted by Crippen LogP contribution is -2.16. The van der Waals surface area contributed by atoms with Crippen LogP contribution in [-0.2, 0) is 6.54 Å². The Kier molecular flexibility index (Phi) is 5.19. The first-order valence-corrected chi connectivity index (χ1v) is 8.12. The van der Waals surface area contributed by atoms with Crippen LogP contribution in [0.5, 0.6) is 5.75 Å². The molecule has 0 bridgehead atoms. The largest absolute Gasteiger partial charge is 0.491 e. The summed E-state index contributed by atoms with van der Waals surface area (Å²) in [6, 6.07) is 6.96. The molecule has 2 rings (SSSR count). The molecule has 0 unspecified atom stereocenters. The summed E-state index contributed by atoms with van der Waals surface area (Å²) < 4.78 is 6.90. The van der Waals surface area contributed by atoms with E-state index in [4.69, 9.17) is 4.74 Å². The Bertz CT molecular complexity index is 368. The fraction of sp³-hybridized carbons (Fsp3) is 0.538. The number of rotatable bonds is 7. The third kappa shape index (κ3) is 4.19. The van der Waals surface area contributed by atoms with Gasteiger partial charge in [0.2, 0.25) is 0 Å². The molecule has 4 heteroatoms. The minimum absolute atomic E-state index is 0.730. The van der Waals surface area contributed by atoms with E-state index < -0.39 is 0 Å². The van der Waals surface area contributed by atoms with Crippen LogP contribution in [0.15, 0.2) is 22.7 Å². The maximum absolute atomic E-state index is 5.85. The molecular formula is C13H18BrNOS. The van der Waals surface area contributed by atoms with Crippen LogP contribution in [-0.4, -0.2) is 24.7 Å². The lowest BCUT2D eigenvalue weighted by atomic mass is 10.2. The summed E-state index contributed by atoms with van der Waals surface area (Å²) in [6.45, 7) is 1.67. The molecule has 94 valence electrons. The molecule has 0 heterocycles. The normalized spacial score (nSPS) is 14.9. The molecule has 1 aliphatic carbocycles. The number of halogens is 1. The number of para-hydroxylation sites is 1. The van der Waals surface area contributed by atoms with E-state index in [9.17, 15) is 0 Å². The van der Waals surface area contributed by atoms with Gasteiger partial charge in [-0.1, -0.05) is 12.1 Å². The van der Waals surface area contributed by atoms with E-state index in [1.54, 1.807) is 11.8 Å². The summed E-state index contributed by atoms with van der Waals surface area (Å²) in [6.07, 6.45) is 4.73. The molecule has 0 aromatic heterocycles. The van der Waals surface area contributed by atoms with Gasteiger partial charge in [0.1, 0.15) is 5.75 Å². The summed E-state index contributed by atoms with van der Waals surface area (Å²) in [5.74, 6) is 2.02. The topological polar surface area (TPSA) is 21.3 Å². The predicted octanol–water partition coefficient (Wildman–Crippen LogP) is 3.44. The Hall–Kier alpha value is -0.190. The third-order valence-corrected chi connectivity index (χ3v) is 3.94. The molecule has 0 amide bonds. The highest BCUT2D eigenvalue weighted by atomic mass is 79.9. The van der Waals surface area contributed by atoms with Gasteiger partial charge in [0.25, 0.3) is 0 Å². The van der Waals surface area contributed by atoms with Crippen molar-refractivity contribution in [2.45, 2.75) is 25.4 Å². The molecule has 1 aliphatic rings. The van der Waals surface area contributed by atoms with Crippen molar-refractivity contribution >= 4 is 27.7 Å². The molecule has 1 N–H and O–H groups in total. The van der Waals surface area contributed by atoms with E-state index in [-0.39, 0.29) is 0 Å². The molecule has 0 atom stereocenters. The van der Waals surface area contributed by atoms with E-state index in [0.717, 1.165) is 35.2 Å². The van der Waals surface area contributed by atoms with Gasteiger partial charge in [0, 0.05) is 23.9 Å². The lowest BCUT2D eigenvalue weighted by Gasteiger charge is -2.13. The van der Waals surface area contributed by atoms with E-state index in [1.165, 1.54) is 18.4 Å². The summed E-state index contributed by atoms with van der Waals surface area (Å²) >= 11 is 5.37. The van der Waals surface area contributed by atoms with Crippen molar-refractivity contribution in [2.24, 2.45) is 0 Å². The fourth-order valence-corrected chi connectivity index (χ4v) is 2.39. The van der Waals surface area contributed by atoms with Crippen LogP contribution in [0.3, 0.4) is 0 Å². The zero-order valence-electron chi connectivity index (χ0n) is 10.0. The molecule has 1 aromatic carbocycles. The molecule has 0 spiro atoms. The van der Waals surface area contributed by atoms with Gasteiger partial charge in [-0.15, -0.1) is 0 Å². The molecule has 2 nitrogen and oxygen atoms in total. The Balaban J connectivity index is 1.98. The molecule has 0 radical (unpaired) electrons. The number of thioether (sulfide) groups is 1. The van der Waals surface area contributed by atoms with E-state index in [1.807, 2.05) is 6.07 Å². The Labute approximate surface area is 116 Å². The second-order valence-electron chi connectivity index (χ2n) is 4.22. The smallest absolute Gasteiger partial charge is 0.137 e. The van der Waals surface area contributed by atoms with Crippen LogP contribution >= 0.6 is 27.7 Å². The molecule has 1 fully saturated rings. The van der Waals surface area contributed by atoms with Crippen molar-refractivity contribution in [3.63, 3.8) is 0 Å². The van der Waals surface area contributed by atoms with Crippen LogP contribution < -0.4 is 10.1 Å². The quantitative estimate of drug-likeness (QED) is 0.779. The number of hydrogen-bond donors (Lipinski definition) is 1. The van der Waals surface area contributed by atoms with Gasteiger partial charge in [-0.25, -0.2) is 0 Å². The Morgan fingerprint density at radius 1 is 1.47 bits per heavy atom. The van der Waals surface area contributed by atoms with Crippen LogP contribution in [0.1, 0.15) is 18.4 Å². The zero-order chi connectivity index (χ0) is 12.1. The first kappa shape index (κ1) is 13.2. The summed E-state index contributed by atoms with van der Waals surface area (Å²) in [4.78, 5) is 0. The number of hydrogen-bond acceptors (Lipinski definition) is 3. The van der Waals surface area contributed by atoms with Crippen LogP contribution in [0, 0.1) is 0 Å². The Morgan fingerprint density at radius 3 is 3.00 bits per heavy atom. The van der Waals surface area contributed by atoms with E-state index >= 15 is 0 Å². The highest BCUT2D eigenvalue weighted by Gasteiger charge is 2.20. The van der Waals surface area contributed by atoms with Crippen LogP contribution in [0.2, 0.25) is 0 Å². The average Bonchev–Trinajstić information content (AvgIpc) is 3.13. The van der Waals surface area contributed by atoms with Gasteiger partial charge < -0.3 is 10.1 Å². The van der Waals surface area contributed by atoms with Crippen molar-refractivity contribution in [3.8, 4) is 5.75 Å². The number of nitrogens with one attached hydrogen (secondary N) is 1. The van der Waals surface area contributed by atoms with Crippen molar-refractivity contribution in [1.29, 1.82) is 0 Å². The van der Waals surface area contributed by atoms with Crippen molar-refractivity contribution < 1.29 is 4.74 Å². The predicted molar refractivity (Wildman–Crippen MR) is 77.9 cm³/mol. The maximum atomic E-state index is 5.85. The van der Waals surface area contributed by atoms with Gasteiger partial charge in [0.05, 0.1) is 11.1 Å². The lowest BCUT2D eigenvalue weighted by molar-refractivity contribution is 0.337. The number of benzene rings is 1. The van der Waals surface area contributed by atoms with Gasteiger partial charge in [-0.2, -0.15) is 11.8 Å². The second kappa shape index (κ2) is 6.66. The Morgan fingerprint density at radius 2 is 2.29 bits per heavy atom. The zero-order valence-corrected chi connectivity index (χ0v) is 12.4. The first-order chi connectivity index (χ1) is 8.31. The highest BCUT2D eigenvalue weighted by molar-refractivity contribution is 9.10. The first-order valence-electron chi connectivity index (χ1n) is 5.94. The molecule has 17 heavy (non-hydrogen) atoms. The van der Waals surface area contributed by atoms with Gasteiger partial charge in [-0.3, -0.25) is 0 Å². The van der Waals surface area contributed by atoms with Crippen LogP contribution in [0.4, 0.5) is 0 Å². The van der Waals surface area contributed by atoms with Crippen molar-refractivity contribution in [1.82, 2.24) is 5.32 Å². The van der Waals surface area contributed by atoms with E-state index in [0.29, 0.717) is 0 Å². The van der Waals surface area contributed by atoms with Crippen molar-refractivity contribution in [3.05, 3.63) is 28.2 Å². The molecule has 0 aliphatic heterocycles. The minimum atomic E-state index is 0.730. The second-order valence-corrected chi connectivity index (χ2v) is 6.06. The average molecular weight is 316 g/mol. The minimum Gasteiger partial charge on any atom is -0.491 e. The monoisotopic (exact) mass is 315 g/mol. The molecule has 0 saturated heterocycles. The molecular weight excluding hydrogens is 298 g/mol. The highest BCUT2D eigenvalue weighted by Crippen LogP contribution is 2.30.